The fourth-order valence-corrected chi connectivity index (χ4v) is 5.13. The predicted octanol–water partition coefficient (Wildman–Crippen LogP) is 3.52. The molecule has 2 atom stereocenters. The average molecular weight is 448 g/mol. The third kappa shape index (κ3) is 4.39. The van der Waals surface area contributed by atoms with Gasteiger partial charge in [-0.15, -0.1) is 11.3 Å². The van der Waals surface area contributed by atoms with E-state index in [2.05, 4.69) is 41.6 Å². The summed E-state index contributed by atoms with van der Waals surface area (Å²) < 4.78 is 6.03. The van der Waals surface area contributed by atoms with E-state index in [9.17, 15) is 9.59 Å². The number of benzene rings is 1. The molecule has 8 heteroatoms. The molecule has 2 aliphatic rings. The molecular weight excluding hydrogens is 422 g/mol. The van der Waals surface area contributed by atoms with Crippen LogP contribution in [0.3, 0.4) is 0 Å². The topological polar surface area (TPSA) is 70.7 Å². The van der Waals surface area contributed by atoms with E-state index in [0.717, 1.165) is 25.2 Å². The number of carbonyl (C=O) groups is 2. The monoisotopic (exact) mass is 447 g/mol. The Bertz CT molecular complexity index is 955. The first-order chi connectivity index (χ1) is 14.4. The van der Waals surface area contributed by atoms with Gasteiger partial charge in [-0.1, -0.05) is 24.6 Å². The largest absolute Gasteiger partial charge is 0.378 e. The van der Waals surface area contributed by atoms with Gasteiger partial charge >= 0.3 is 0 Å². The maximum Gasteiger partial charge on any atom is 0.262 e. The van der Waals surface area contributed by atoms with Gasteiger partial charge in [0.15, 0.2) is 0 Å². The van der Waals surface area contributed by atoms with Crippen molar-refractivity contribution >= 4 is 40.4 Å². The van der Waals surface area contributed by atoms with Crippen LogP contribution < -0.4 is 10.6 Å². The van der Waals surface area contributed by atoms with Crippen LogP contribution in [0, 0.1) is 0 Å². The van der Waals surface area contributed by atoms with Gasteiger partial charge in [0.05, 0.1) is 15.8 Å². The summed E-state index contributed by atoms with van der Waals surface area (Å²) in [6.07, 6.45) is 1.43. The number of hydrogen-bond acceptors (Lipinski definition) is 5. The average Bonchev–Trinajstić information content (AvgIpc) is 3.33. The van der Waals surface area contributed by atoms with E-state index in [1.807, 2.05) is 6.07 Å². The van der Waals surface area contributed by atoms with Crippen LogP contribution in [-0.4, -0.2) is 55.6 Å². The van der Waals surface area contributed by atoms with Crippen molar-refractivity contribution in [1.29, 1.82) is 0 Å². The summed E-state index contributed by atoms with van der Waals surface area (Å²) in [7, 11) is 2.14. The number of hydrogen-bond donors (Lipinski definition) is 2. The van der Waals surface area contributed by atoms with Crippen molar-refractivity contribution in [3.05, 3.63) is 50.7 Å². The maximum atomic E-state index is 13.2. The number of likely N-dealkylation sites (N-methyl/N-ethyl adjacent to an activating group) is 1. The molecule has 30 heavy (non-hydrogen) atoms. The van der Waals surface area contributed by atoms with Crippen molar-refractivity contribution in [2.45, 2.75) is 31.2 Å². The number of nitrogens with one attached hydrogen (secondary N) is 2. The van der Waals surface area contributed by atoms with Gasteiger partial charge in [0.1, 0.15) is 5.54 Å². The summed E-state index contributed by atoms with van der Waals surface area (Å²) in [4.78, 5) is 28.7. The molecule has 6 nitrogen and oxygen atoms in total. The van der Waals surface area contributed by atoms with Crippen LogP contribution in [0.25, 0.3) is 0 Å². The highest BCUT2D eigenvalue weighted by Gasteiger charge is 2.44. The smallest absolute Gasteiger partial charge is 0.262 e. The minimum absolute atomic E-state index is 0.149. The zero-order valence-corrected chi connectivity index (χ0v) is 18.7. The molecule has 0 spiro atoms. The Balaban J connectivity index is 1.52. The summed E-state index contributed by atoms with van der Waals surface area (Å²) >= 11 is 7.14. The SMILES string of the molecule is C[C@H]1CN(C)CCc2ccc(NC(=O)[C@@]3(NC(=O)c4ccc(Cl)s4)CCOC3)cc21. The molecule has 3 heterocycles. The number of ether oxygens (including phenoxy) is 1. The Labute approximate surface area is 185 Å². The number of rotatable bonds is 4. The van der Waals surface area contributed by atoms with E-state index >= 15 is 0 Å². The molecule has 2 aromatic rings. The third-order valence-electron chi connectivity index (χ3n) is 5.89. The Morgan fingerprint density at radius 2 is 2.13 bits per heavy atom. The van der Waals surface area contributed by atoms with Crippen molar-refractivity contribution in [2.75, 3.05) is 38.7 Å². The fourth-order valence-electron chi connectivity index (χ4n) is 4.19. The molecule has 2 N–H and O–H groups in total. The zero-order valence-electron chi connectivity index (χ0n) is 17.2. The van der Waals surface area contributed by atoms with Gasteiger partial charge in [-0.3, -0.25) is 9.59 Å². The lowest BCUT2D eigenvalue weighted by atomic mass is 9.94. The van der Waals surface area contributed by atoms with Crippen molar-refractivity contribution in [2.24, 2.45) is 0 Å². The molecule has 1 aromatic heterocycles. The summed E-state index contributed by atoms with van der Waals surface area (Å²) in [5.41, 5.74) is 2.25. The van der Waals surface area contributed by atoms with Crippen LogP contribution in [0.2, 0.25) is 4.34 Å². The first kappa shape index (κ1) is 21.3. The zero-order chi connectivity index (χ0) is 21.3. The first-order valence-corrected chi connectivity index (χ1v) is 11.3. The molecule has 0 aliphatic carbocycles. The Morgan fingerprint density at radius 1 is 1.30 bits per heavy atom. The highest BCUT2D eigenvalue weighted by atomic mass is 35.5. The van der Waals surface area contributed by atoms with Gasteiger partial charge in [-0.2, -0.15) is 0 Å². The van der Waals surface area contributed by atoms with Crippen LogP contribution in [0.5, 0.6) is 0 Å². The van der Waals surface area contributed by atoms with E-state index in [1.165, 1.54) is 22.5 Å². The number of carbonyl (C=O) groups excluding carboxylic acids is 2. The number of thiophene rings is 1. The number of halogens is 1. The normalized spacial score (nSPS) is 24.2. The van der Waals surface area contributed by atoms with Gasteiger partial charge in [0, 0.05) is 31.8 Å². The summed E-state index contributed by atoms with van der Waals surface area (Å²) in [5, 5.41) is 5.92. The molecule has 0 saturated carbocycles. The lowest BCUT2D eigenvalue weighted by Gasteiger charge is -2.27. The van der Waals surface area contributed by atoms with Crippen LogP contribution in [0.1, 0.15) is 40.1 Å². The van der Waals surface area contributed by atoms with Gasteiger partial charge in [0.25, 0.3) is 11.8 Å². The van der Waals surface area contributed by atoms with Crippen molar-refractivity contribution in [3.8, 4) is 0 Å². The van der Waals surface area contributed by atoms with Crippen molar-refractivity contribution in [1.82, 2.24) is 10.2 Å². The van der Waals surface area contributed by atoms with Gasteiger partial charge in [-0.05, 0) is 54.8 Å². The quantitative estimate of drug-likeness (QED) is 0.752. The molecule has 160 valence electrons. The molecule has 0 radical (unpaired) electrons. The van der Waals surface area contributed by atoms with Gasteiger partial charge < -0.3 is 20.3 Å². The lowest BCUT2D eigenvalue weighted by Crippen LogP contribution is -2.57. The van der Waals surface area contributed by atoms with Crippen LogP contribution in [0.15, 0.2) is 30.3 Å². The summed E-state index contributed by atoms with van der Waals surface area (Å²) in [6.45, 7) is 4.80. The minimum atomic E-state index is -1.09. The molecule has 1 aromatic carbocycles. The highest BCUT2D eigenvalue weighted by molar-refractivity contribution is 7.18. The third-order valence-corrected chi connectivity index (χ3v) is 7.12. The van der Waals surface area contributed by atoms with E-state index in [1.54, 1.807) is 12.1 Å². The molecular formula is C22H26ClN3O3S. The highest BCUT2D eigenvalue weighted by Crippen LogP contribution is 2.29. The maximum absolute atomic E-state index is 13.2. The second kappa shape index (κ2) is 8.67. The molecule has 0 unspecified atom stereocenters. The summed E-state index contributed by atoms with van der Waals surface area (Å²) in [5.74, 6) is -0.183. The van der Waals surface area contributed by atoms with Crippen LogP contribution in [-0.2, 0) is 16.0 Å². The molecule has 2 aliphatic heterocycles. The van der Waals surface area contributed by atoms with E-state index in [-0.39, 0.29) is 18.4 Å². The molecule has 2 amide bonds. The van der Waals surface area contributed by atoms with Crippen molar-refractivity contribution in [3.63, 3.8) is 0 Å². The first-order valence-electron chi connectivity index (χ1n) is 10.1. The van der Waals surface area contributed by atoms with E-state index in [4.69, 9.17) is 16.3 Å². The molecule has 4 rings (SSSR count). The molecule has 0 bridgehead atoms. The van der Waals surface area contributed by atoms with Crippen LogP contribution in [0.4, 0.5) is 5.69 Å². The van der Waals surface area contributed by atoms with Gasteiger partial charge in [-0.25, -0.2) is 0 Å². The van der Waals surface area contributed by atoms with Crippen molar-refractivity contribution < 1.29 is 14.3 Å². The molecule has 1 fully saturated rings. The lowest BCUT2D eigenvalue weighted by molar-refractivity contribution is -0.122. The summed E-state index contributed by atoms with van der Waals surface area (Å²) in [6, 6.07) is 9.45. The van der Waals surface area contributed by atoms with Crippen LogP contribution >= 0.6 is 22.9 Å². The second-order valence-electron chi connectivity index (χ2n) is 8.22. The standard InChI is InChI=1S/C22H26ClN3O3S/c1-14-12-26(2)9-7-15-3-4-16(11-17(14)15)24-21(28)22(8-10-29-13-22)25-20(27)18-5-6-19(23)30-18/h3-6,11,14H,7-10,12-13H2,1-2H3,(H,24,28)(H,25,27)/t14-,22+/m0/s1. The second-order valence-corrected chi connectivity index (χ2v) is 9.94. The number of nitrogens with zero attached hydrogens (tertiary/aromatic N) is 1. The Morgan fingerprint density at radius 3 is 2.83 bits per heavy atom. The fraction of sp³-hybridized carbons (Fsp3) is 0.455. The Kier molecular flexibility index (Phi) is 6.16. The number of fused-ring (bicyclic) bond motifs is 1. The van der Waals surface area contributed by atoms with E-state index in [0.29, 0.717) is 28.2 Å². The number of anilines is 1. The van der Waals surface area contributed by atoms with Gasteiger partial charge in [0.2, 0.25) is 0 Å². The molecule has 1 saturated heterocycles. The predicted molar refractivity (Wildman–Crippen MR) is 120 cm³/mol. The van der Waals surface area contributed by atoms with E-state index < -0.39 is 5.54 Å². The number of amides is 2. The minimum Gasteiger partial charge on any atom is -0.378 e. The Hall–Kier alpha value is -1.93.